The summed E-state index contributed by atoms with van der Waals surface area (Å²) in [5, 5.41) is 4.08. The van der Waals surface area contributed by atoms with E-state index < -0.39 is 0 Å². The van der Waals surface area contributed by atoms with E-state index in [2.05, 4.69) is 15.2 Å². The number of rotatable bonds is 5. The summed E-state index contributed by atoms with van der Waals surface area (Å²) >= 11 is 0. The van der Waals surface area contributed by atoms with Crippen LogP contribution in [0.4, 0.5) is 4.39 Å². The van der Waals surface area contributed by atoms with Crippen molar-refractivity contribution in [3.8, 4) is 0 Å². The maximum Gasteiger partial charge on any atom is 0.267 e. The number of aromatic amines is 1. The van der Waals surface area contributed by atoms with E-state index in [0.717, 1.165) is 36.5 Å². The molecule has 1 amide bonds. The van der Waals surface area contributed by atoms with Gasteiger partial charge in [-0.15, -0.1) is 0 Å². The van der Waals surface area contributed by atoms with Gasteiger partial charge in [-0.05, 0) is 54.0 Å². The highest BCUT2D eigenvalue weighted by Crippen LogP contribution is 2.51. The second kappa shape index (κ2) is 7.06. The van der Waals surface area contributed by atoms with Crippen LogP contribution in [0.3, 0.4) is 0 Å². The molecule has 5 rings (SSSR count). The Morgan fingerprint density at radius 1 is 1.14 bits per heavy atom. The highest BCUT2D eigenvalue weighted by Gasteiger charge is 2.47. The van der Waals surface area contributed by atoms with Crippen molar-refractivity contribution in [3.63, 3.8) is 0 Å². The Morgan fingerprint density at radius 2 is 1.96 bits per heavy atom. The molecule has 5 heteroatoms. The van der Waals surface area contributed by atoms with Gasteiger partial charge in [-0.3, -0.25) is 4.79 Å². The van der Waals surface area contributed by atoms with Crippen LogP contribution in [0.5, 0.6) is 0 Å². The quantitative estimate of drug-likeness (QED) is 0.711. The summed E-state index contributed by atoms with van der Waals surface area (Å²) in [5.41, 5.74) is 2.85. The smallest absolute Gasteiger partial charge is 0.267 e. The summed E-state index contributed by atoms with van der Waals surface area (Å²) in [7, 11) is 0. The fourth-order valence-corrected chi connectivity index (χ4v) is 4.89. The summed E-state index contributed by atoms with van der Waals surface area (Å²) in [6, 6.07) is 16.8. The zero-order valence-corrected chi connectivity index (χ0v) is 15.7. The molecule has 2 aliphatic rings. The lowest BCUT2D eigenvalue weighted by atomic mass is 9.64. The van der Waals surface area contributed by atoms with Crippen LogP contribution in [0.2, 0.25) is 0 Å². The van der Waals surface area contributed by atoms with Crippen molar-refractivity contribution < 1.29 is 9.18 Å². The summed E-state index contributed by atoms with van der Waals surface area (Å²) in [5.74, 6) is 1.73. The number of likely N-dealkylation sites (tertiary alicyclic amines) is 1. The van der Waals surface area contributed by atoms with Gasteiger partial charge in [-0.1, -0.05) is 30.3 Å². The first-order chi connectivity index (χ1) is 13.7. The van der Waals surface area contributed by atoms with Crippen molar-refractivity contribution in [2.75, 3.05) is 26.2 Å². The third-order valence-corrected chi connectivity index (χ3v) is 6.43. The Labute approximate surface area is 163 Å². The third kappa shape index (κ3) is 3.20. The first-order valence-corrected chi connectivity index (χ1v) is 10.0. The topological polar surface area (TPSA) is 48.1 Å². The summed E-state index contributed by atoms with van der Waals surface area (Å²) in [6.07, 6.45) is 1.19. The fourth-order valence-electron chi connectivity index (χ4n) is 4.89. The van der Waals surface area contributed by atoms with Crippen LogP contribution < -0.4 is 5.32 Å². The molecule has 4 nitrogen and oxygen atoms in total. The molecule has 2 N–H and O–H groups in total. The Kier molecular flexibility index (Phi) is 4.40. The molecule has 1 saturated carbocycles. The van der Waals surface area contributed by atoms with Crippen LogP contribution in [-0.2, 0) is 0 Å². The van der Waals surface area contributed by atoms with Crippen molar-refractivity contribution in [3.05, 3.63) is 71.7 Å². The average molecular weight is 377 g/mol. The first kappa shape index (κ1) is 17.4. The van der Waals surface area contributed by atoms with Crippen LogP contribution >= 0.6 is 0 Å². The Hall–Kier alpha value is -2.66. The highest BCUT2D eigenvalue weighted by molar-refractivity contribution is 5.97. The number of carbonyl (C=O) groups excluding carboxylic acids is 1. The summed E-state index contributed by atoms with van der Waals surface area (Å²) in [4.78, 5) is 18.0. The number of aromatic nitrogens is 1. The number of amides is 1. The lowest BCUT2D eigenvalue weighted by molar-refractivity contribution is 0.0945. The lowest BCUT2D eigenvalue weighted by Crippen LogP contribution is -2.34. The van der Waals surface area contributed by atoms with Gasteiger partial charge in [0, 0.05) is 37.1 Å². The van der Waals surface area contributed by atoms with E-state index in [-0.39, 0.29) is 11.7 Å². The number of nitrogens with zero attached hydrogens (tertiary/aromatic N) is 1. The van der Waals surface area contributed by atoms with Crippen LogP contribution in [0.1, 0.15) is 28.4 Å². The second-order valence-corrected chi connectivity index (χ2v) is 8.10. The largest absolute Gasteiger partial charge is 0.351 e. The molecule has 3 aromatic rings. The Bertz CT molecular complexity index is 964. The van der Waals surface area contributed by atoms with Crippen molar-refractivity contribution in [2.24, 2.45) is 11.8 Å². The van der Waals surface area contributed by atoms with Gasteiger partial charge in [0.15, 0.2) is 0 Å². The Balaban J connectivity index is 1.12. The van der Waals surface area contributed by atoms with Gasteiger partial charge in [-0.25, -0.2) is 4.39 Å². The number of fused-ring (bicyclic) bond motifs is 2. The third-order valence-electron chi connectivity index (χ3n) is 6.43. The number of hydrogen-bond donors (Lipinski definition) is 2. The predicted molar refractivity (Wildman–Crippen MR) is 108 cm³/mol. The van der Waals surface area contributed by atoms with Gasteiger partial charge in [0.1, 0.15) is 11.5 Å². The first-order valence-electron chi connectivity index (χ1n) is 10.0. The number of benzene rings is 2. The van der Waals surface area contributed by atoms with Crippen molar-refractivity contribution >= 4 is 16.8 Å². The molecular weight excluding hydrogens is 353 g/mol. The van der Waals surface area contributed by atoms with E-state index in [9.17, 15) is 9.18 Å². The summed E-state index contributed by atoms with van der Waals surface area (Å²) < 4.78 is 13.1. The predicted octanol–water partition coefficient (Wildman–Crippen LogP) is 3.77. The van der Waals surface area contributed by atoms with Gasteiger partial charge in [0.25, 0.3) is 5.91 Å². The zero-order valence-electron chi connectivity index (χ0n) is 15.7. The van der Waals surface area contributed by atoms with Crippen LogP contribution in [-0.4, -0.2) is 42.0 Å². The summed E-state index contributed by atoms with van der Waals surface area (Å²) in [6.45, 7) is 3.68. The van der Waals surface area contributed by atoms with E-state index in [1.165, 1.54) is 12.0 Å². The van der Waals surface area contributed by atoms with E-state index in [1.807, 2.05) is 42.5 Å². The molecule has 1 aromatic heterocycles. The number of carbonyl (C=O) groups is 1. The van der Waals surface area contributed by atoms with Gasteiger partial charge in [0.05, 0.1) is 0 Å². The Morgan fingerprint density at radius 3 is 2.79 bits per heavy atom. The number of hydrogen-bond acceptors (Lipinski definition) is 2. The van der Waals surface area contributed by atoms with Crippen molar-refractivity contribution in [2.45, 2.75) is 12.3 Å². The molecule has 28 heavy (non-hydrogen) atoms. The fraction of sp³-hybridized carbons (Fsp3) is 0.348. The lowest BCUT2D eigenvalue weighted by Gasteiger charge is -2.40. The monoisotopic (exact) mass is 377 g/mol. The minimum Gasteiger partial charge on any atom is -0.351 e. The molecule has 0 spiro atoms. The molecule has 0 bridgehead atoms. The SMILES string of the molecule is O=C(NCCN1CC2CC(c3ccc(F)cc3)C2C1)c1cc2ccccc2[nH]1. The molecule has 1 saturated heterocycles. The molecule has 144 valence electrons. The number of nitrogens with one attached hydrogen (secondary N) is 2. The average Bonchev–Trinajstić information content (AvgIpc) is 3.26. The van der Waals surface area contributed by atoms with Crippen molar-refractivity contribution in [1.29, 1.82) is 0 Å². The molecule has 0 radical (unpaired) electrons. The van der Waals surface area contributed by atoms with E-state index in [4.69, 9.17) is 0 Å². The van der Waals surface area contributed by atoms with E-state index in [1.54, 1.807) is 12.1 Å². The van der Waals surface area contributed by atoms with Crippen LogP contribution in [0.25, 0.3) is 10.9 Å². The molecule has 1 aliphatic carbocycles. The van der Waals surface area contributed by atoms with Gasteiger partial charge in [-0.2, -0.15) is 0 Å². The molecule has 2 aromatic carbocycles. The minimum absolute atomic E-state index is 0.0532. The second-order valence-electron chi connectivity index (χ2n) is 8.10. The zero-order chi connectivity index (χ0) is 19.1. The minimum atomic E-state index is -0.168. The molecule has 3 unspecified atom stereocenters. The number of H-pyrrole nitrogens is 1. The van der Waals surface area contributed by atoms with Crippen LogP contribution in [0, 0.1) is 17.7 Å². The van der Waals surface area contributed by atoms with E-state index >= 15 is 0 Å². The molecule has 1 aliphatic heterocycles. The number of halogens is 1. The normalized spacial score (nSPS) is 24.1. The van der Waals surface area contributed by atoms with Gasteiger partial charge in [0.2, 0.25) is 0 Å². The standard InChI is InChI=1S/C23H24FN3O/c24-18-7-5-15(6-8-18)19-11-17-13-27(14-20(17)19)10-9-25-23(28)22-12-16-3-1-2-4-21(16)26-22/h1-8,12,17,19-20,26H,9-11,13-14H2,(H,25,28). The highest BCUT2D eigenvalue weighted by atomic mass is 19.1. The molecular formula is C23H24FN3O. The van der Waals surface area contributed by atoms with Crippen LogP contribution in [0.15, 0.2) is 54.6 Å². The van der Waals surface area contributed by atoms with Gasteiger partial charge < -0.3 is 15.2 Å². The molecule has 2 fully saturated rings. The van der Waals surface area contributed by atoms with Crippen molar-refractivity contribution in [1.82, 2.24) is 15.2 Å². The number of para-hydroxylation sites is 1. The maximum absolute atomic E-state index is 13.1. The molecule has 2 heterocycles. The van der Waals surface area contributed by atoms with Gasteiger partial charge >= 0.3 is 0 Å². The molecule has 3 atom stereocenters. The maximum atomic E-state index is 13.1. The van der Waals surface area contributed by atoms with E-state index in [0.29, 0.717) is 24.1 Å².